The molecule has 0 aromatic heterocycles. The van der Waals surface area contributed by atoms with Crippen molar-refractivity contribution in [2.75, 3.05) is 6.61 Å². The molecule has 0 radical (unpaired) electrons. The van der Waals surface area contributed by atoms with Crippen LogP contribution in [0, 0.1) is 5.41 Å². The van der Waals surface area contributed by atoms with Crippen molar-refractivity contribution in [2.24, 2.45) is 5.41 Å². The summed E-state index contributed by atoms with van der Waals surface area (Å²) >= 11 is 0. The van der Waals surface area contributed by atoms with E-state index in [1.54, 1.807) is 0 Å². The Morgan fingerprint density at radius 1 is 1.50 bits per heavy atom. The zero-order valence-electron chi connectivity index (χ0n) is 10.7. The molecule has 0 aromatic rings. The van der Waals surface area contributed by atoms with Crippen LogP contribution in [0.25, 0.3) is 0 Å². The van der Waals surface area contributed by atoms with Gasteiger partial charge in [-0.3, -0.25) is 4.79 Å². The lowest BCUT2D eigenvalue weighted by molar-refractivity contribution is -0.197. The molecule has 0 aromatic carbocycles. The van der Waals surface area contributed by atoms with E-state index in [0.29, 0.717) is 6.61 Å². The zero-order valence-corrected chi connectivity index (χ0v) is 10.7. The topological polar surface area (TPSA) is 64.6 Å². The predicted molar refractivity (Wildman–Crippen MR) is 62.9 cm³/mol. The Labute approximate surface area is 106 Å². The van der Waals surface area contributed by atoms with Gasteiger partial charge in [0.15, 0.2) is 0 Å². The van der Waals surface area contributed by atoms with Crippen molar-refractivity contribution in [3.8, 4) is 0 Å². The van der Waals surface area contributed by atoms with Gasteiger partial charge in [0.2, 0.25) is 0 Å². The van der Waals surface area contributed by atoms with Crippen LogP contribution in [-0.2, 0) is 14.3 Å². The molecule has 3 rings (SSSR count). The van der Waals surface area contributed by atoms with Gasteiger partial charge in [-0.2, -0.15) is 0 Å². The first-order chi connectivity index (χ1) is 8.64. The van der Waals surface area contributed by atoms with Gasteiger partial charge in [0.25, 0.3) is 0 Å². The minimum Gasteiger partial charge on any atom is -0.457 e. The van der Waals surface area contributed by atoms with Crippen LogP contribution in [-0.4, -0.2) is 30.3 Å². The highest BCUT2D eigenvalue weighted by molar-refractivity contribution is 5.92. The van der Waals surface area contributed by atoms with Crippen LogP contribution in [0.15, 0.2) is 0 Å². The molecule has 1 heterocycles. The fourth-order valence-electron chi connectivity index (χ4n) is 3.03. The van der Waals surface area contributed by atoms with E-state index in [-0.39, 0.29) is 17.6 Å². The first kappa shape index (κ1) is 11.8. The van der Waals surface area contributed by atoms with E-state index in [1.165, 1.54) is 0 Å². The molecule has 3 aliphatic rings. The molecule has 1 aliphatic heterocycles. The molecule has 2 spiro atoms. The lowest BCUT2D eigenvalue weighted by Crippen LogP contribution is -2.54. The van der Waals surface area contributed by atoms with Crippen molar-refractivity contribution in [1.29, 1.82) is 0 Å². The molecule has 5 nitrogen and oxygen atoms in total. The third-order valence-corrected chi connectivity index (χ3v) is 4.40. The molecule has 1 N–H and O–H groups in total. The summed E-state index contributed by atoms with van der Waals surface area (Å²) in [6.07, 6.45) is 5.27. The smallest absolute Gasteiger partial charge is 0.407 e. The summed E-state index contributed by atoms with van der Waals surface area (Å²) in [6.45, 7) is 2.56. The van der Waals surface area contributed by atoms with Gasteiger partial charge in [-0.15, -0.1) is 0 Å². The van der Waals surface area contributed by atoms with Crippen molar-refractivity contribution < 1.29 is 19.1 Å². The SMILES string of the molecule is CCCCCOC(=O)NC1CC12C(=O)OC21CC1. The monoisotopic (exact) mass is 253 g/mol. The van der Waals surface area contributed by atoms with Crippen LogP contribution in [0.5, 0.6) is 0 Å². The van der Waals surface area contributed by atoms with Crippen LogP contribution >= 0.6 is 0 Å². The quantitative estimate of drug-likeness (QED) is 0.599. The maximum absolute atomic E-state index is 11.5. The number of carbonyl (C=O) groups is 2. The third-order valence-electron chi connectivity index (χ3n) is 4.40. The highest BCUT2D eigenvalue weighted by Gasteiger charge is 2.86. The van der Waals surface area contributed by atoms with Gasteiger partial charge in [-0.25, -0.2) is 4.79 Å². The molecular formula is C13H19NO4. The number of amides is 1. The van der Waals surface area contributed by atoms with E-state index in [0.717, 1.165) is 38.5 Å². The Morgan fingerprint density at radius 3 is 2.89 bits per heavy atom. The standard InChI is InChI=1S/C13H19NO4/c1-2-3-4-7-17-11(16)14-9-8-13(9)10(15)18-12(13)5-6-12/h9H,2-8H2,1H3,(H,14,16). The Kier molecular flexibility index (Phi) is 2.54. The lowest BCUT2D eigenvalue weighted by Gasteiger charge is -2.37. The van der Waals surface area contributed by atoms with E-state index in [9.17, 15) is 9.59 Å². The largest absolute Gasteiger partial charge is 0.457 e. The van der Waals surface area contributed by atoms with Crippen molar-refractivity contribution in [3.05, 3.63) is 0 Å². The van der Waals surface area contributed by atoms with Crippen molar-refractivity contribution in [2.45, 2.75) is 57.1 Å². The molecule has 0 bridgehead atoms. The molecule has 2 aliphatic carbocycles. The number of rotatable bonds is 5. The van der Waals surface area contributed by atoms with Gasteiger partial charge in [-0.1, -0.05) is 19.8 Å². The number of carbonyl (C=O) groups excluding carboxylic acids is 2. The first-order valence-electron chi connectivity index (χ1n) is 6.81. The van der Waals surface area contributed by atoms with Gasteiger partial charge in [0.1, 0.15) is 11.0 Å². The molecule has 2 atom stereocenters. The number of hydrogen-bond acceptors (Lipinski definition) is 4. The van der Waals surface area contributed by atoms with Gasteiger partial charge in [0, 0.05) is 0 Å². The van der Waals surface area contributed by atoms with E-state index >= 15 is 0 Å². The average molecular weight is 253 g/mol. The molecular weight excluding hydrogens is 234 g/mol. The molecule has 18 heavy (non-hydrogen) atoms. The number of unbranched alkanes of at least 4 members (excludes halogenated alkanes) is 2. The molecule has 3 fully saturated rings. The number of nitrogens with one attached hydrogen (secondary N) is 1. The van der Waals surface area contributed by atoms with Crippen molar-refractivity contribution >= 4 is 12.1 Å². The van der Waals surface area contributed by atoms with E-state index < -0.39 is 11.5 Å². The summed E-state index contributed by atoms with van der Waals surface area (Å²) < 4.78 is 10.3. The molecule has 5 heteroatoms. The summed E-state index contributed by atoms with van der Waals surface area (Å²) in [6, 6.07) is -0.0695. The average Bonchev–Trinajstić information content (AvgIpc) is 3.20. The van der Waals surface area contributed by atoms with Gasteiger partial charge >= 0.3 is 12.1 Å². The molecule has 2 saturated carbocycles. The number of alkyl carbamates (subject to hydrolysis) is 1. The van der Waals surface area contributed by atoms with Crippen molar-refractivity contribution in [1.82, 2.24) is 5.32 Å². The predicted octanol–water partition coefficient (Wildman–Crippen LogP) is 1.75. The first-order valence-corrected chi connectivity index (χ1v) is 6.81. The third kappa shape index (κ3) is 1.52. The number of ether oxygens (including phenoxy) is 2. The summed E-state index contributed by atoms with van der Waals surface area (Å²) in [7, 11) is 0. The summed E-state index contributed by atoms with van der Waals surface area (Å²) in [4.78, 5) is 23.1. The minimum absolute atomic E-state index is 0.0695. The summed E-state index contributed by atoms with van der Waals surface area (Å²) in [5.74, 6) is -0.142. The fourth-order valence-corrected chi connectivity index (χ4v) is 3.03. The van der Waals surface area contributed by atoms with Crippen molar-refractivity contribution in [3.63, 3.8) is 0 Å². The number of fused-ring (bicyclic) bond motifs is 1. The Hall–Kier alpha value is -1.26. The van der Waals surface area contributed by atoms with E-state index in [4.69, 9.17) is 9.47 Å². The van der Waals surface area contributed by atoms with Crippen LogP contribution in [0.4, 0.5) is 4.79 Å². The normalized spacial score (nSPS) is 33.8. The second-order valence-corrected chi connectivity index (χ2v) is 5.60. The van der Waals surface area contributed by atoms with E-state index in [1.807, 2.05) is 0 Å². The Balaban J connectivity index is 1.43. The van der Waals surface area contributed by atoms with Gasteiger partial charge in [0.05, 0.1) is 12.6 Å². The lowest BCUT2D eigenvalue weighted by atomic mass is 9.89. The Morgan fingerprint density at radius 2 is 2.28 bits per heavy atom. The molecule has 100 valence electrons. The van der Waals surface area contributed by atoms with Crippen LogP contribution in [0.3, 0.4) is 0 Å². The minimum atomic E-state index is -0.400. The number of hydrogen-bond donors (Lipinski definition) is 1. The maximum Gasteiger partial charge on any atom is 0.407 e. The molecule has 1 saturated heterocycles. The van der Waals surface area contributed by atoms with Crippen LogP contribution < -0.4 is 5.32 Å². The summed E-state index contributed by atoms with van der Waals surface area (Å²) in [5, 5.41) is 2.79. The molecule has 1 amide bonds. The number of esters is 1. The molecule has 2 unspecified atom stereocenters. The maximum atomic E-state index is 11.5. The van der Waals surface area contributed by atoms with Crippen LogP contribution in [0.1, 0.15) is 45.4 Å². The van der Waals surface area contributed by atoms with Gasteiger partial charge < -0.3 is 14.8 Å². The second kappa shape index (κ2) is 3.87. The highest BCUT2D eigenvalue weighted by Crippen LogP contribution is 2.73. The van der Waals surface area contributed by atoms with Crippen LogP contribution in [0.2, 0.25) is 0 Å². The highest BCUT2D eigenvalue weighted by atomic mass is 16.6. The second-order valence-electron chi connectivity index (χ2n) is 5.60. The Bertz CT molecular complexity index is 390. The zero-order chi connectivity index (χ0) is 12.8. The summed E-state index contributed by atoms with van der Waals surface area (Å²) in [5.41, 5.74) is -0.611. The van der Waals surface area contributed by atoms with E-state index in [2.05, 4.69) is 12.2 Å². The van der Waals surface area contributed by atoms with Gasteiger partial charge in [-0.05, 0) is 25.7 Å². The fraction of sp³-hybridized carbons (Fsp3) is 0.846.